The van der Waals surface area contributed by atoms with Gasteiger partial charge in [0, 0.05) is 15.9 Å². The van der Waals surface area contributed by atoms with Gasteiger partial charge in [-0.1, -0.05) is 58.9 Å². The minimum absolute atomic E-state index is 0.223. The van der Waals surface area contributed by atoms with Gasteiger partial charge in [-0.2, -0.15) is 4.98 Å². The molecule has 1 aromatic heterocycles. The van der Waals surface area contributed by atoms with Gasteiger partial charge in [0.2, 0.25) is 11.1 Å². The molecule has 1 unspecified atom stereocenters. The van der Waals surface area contributed by atoms with Crippen molar-refractivity contribution in [3.8, 4) is 11.5 Å². The highest BCUT2D eigenvalue weighted by Crippen LogP contribution is 2.44. The van der Waals surface area contributed by atoms with Gasteiger partial charge < -0.3 is 20.1 Å². The van der Waals surface area contributed by atoms with Crippen LogP contribution >= 0.6 is 43.6 Å². The molecule has 0 spiro atoms. The Balaban J connectivity index is 1.57. The predicted molar refractivity (Wildman–Crippen MR) is 179 cm³/mol. The number of aromatic nitrogens is 3. The van der Waals surface area contributed by atoms with E-state index in [2.05, 4.69) is 49.4 Å². The van der Waals surface area contributed by atoms with Crippen LogP contribution in [-0.4, -0.2) is 33.0 Å². The van der Waals surface area contributed by atoms with Gasteiger partial charge in [-0.3, -0.25) is 4.79 Å². The number of rotatable bonds is 10. The number of hydrogen-bond acceptors (Lipinski definition) is 7. The van der Waals surface area contributed by atoms with Crippen molar-refractivity contribution in [1.29, 1.82) is 0 Å². The second-order valence-electron chi connectivity index (χ2n) is 10.0. The summed E-state index contributed by atoms with van der Waals surface area (Å²) in [7, 11) is 0. The van der Waals surface area contributed by atoms with Crippen LogP contribution in [0.4, 0.5) is 11.6 Å². The number of amides is 1. The number of carbonyl (C=O) groups excluding carboxylic acids is 1. The average molecular weight is 728 g/mol. The quantitative estimate of drug-likeness (QED) is 0.159. The van der Waals surface area contributed by atoms with Crippen LogP contribution in [0.1, 0.15) is 49.1 Å². The Morgan fingerprint density at radius 2 is 1.84 bits per heavy atom. The number of nitrogens with zero attached hydrogens (tertiary/aromatic N) is 3. The Morgan fingerprint density at radius 3 is 2.56 bits per heavy atom. The summed E-state index contributed by atoms with van der Waals surface area (Å²) in [6, 6.07) is 17.2. The summed E-state index contributed by atoms with van der Waals surface area (Å²) < 4.78 is 15.9. The van der Waals surface area contributed by atoms with E-state index in [0.717, 1.165) is 38.2 Å². The van der Waals surface area contributed by atoms with Gasteiger partial charge in [-0.05, 0) is 102 Å². The number of fused-ring (bicyclic) bond motifs is 1. The van der Waals surface area contributed by atoms with Crippen LogP contribution in [0.5, 0.6) is 11.5 Å². The smallest absolute Gasteiger partial charge is 0.255 e. The van der Waals surface area contributed by atoms with Crippen molar-refractivity contribution in [3.63, 3.8) is 0 Å². The highest BCUT2D eigenvalue weighted by atomic mass is 79.9. The molecule has 5 rings (SSSR count). The summed E-state index contributed by atoms with van der Waals surface area (Å²) in [5.74, 6) is 2.33. The van der Waals surface area contributed by atoms with E-state index in [0.29, 0.717) is 51.6 Å². The number of hydrogen-bond donors (Lipinski definition) is 2. The van der Waals surface area contributed by atoms with E-state index in [1.165, 1.54) is 0 Å². The van der Waals surface area contributed by atoms with Gasteiger partial charge in [-0.25, -0.2) is 4.68 Å². The van der Waals surface area contributed by atoms with Crippen molar-refractivity contribution in [2.24, 2.45) is 0 Å². The van der Waals surface area contributed by atoms with Crippen molar-refractivity contribution >= 4 is 61.2 Å². The van der Waals surface area contributed by atoms with Gasteiger partial charge in [0.25, 0.3) is 5.91 Å². The zero-order chi connectivity index (χ0) is 30.7. The van der Waals surface area contributed by atoms with Gasteiger partial charge in [0.05, 0.1) is 16.7 Å². The van der Waals surface area contributed by atoms with Crippen LogP contribution < -0.4 is 20.1 Å². The summed E-state index contributed by atoms with van der Waals surface area (Å²) in [4.78, 5) is 18.8. The number of halogens is 2. The zero-order valence-electron chi connectivity index (χ0n) is 24.6. The van der Waals surface area contributed by atoms with Crippen LogP contribution in [0.2, 0.25) is 0 Å². The molecule has 1 aliphatic rings. The molecule has 1 atom stereocenters. The molecule has 11 heteroatoms. The maximum Gasteiger partial charge on any atom is 0.255 e. The number of benzene rings is 3. The molecule has 1 aliphatic heterocycles. The molecule has 0 aliphatic carbocycles. The van der Waals surface area contributed by atoms with Crippen molar-refractivity contribution in [3.05, 3.63) is 97.1 Å². The molecule has 224 valence electrons. The van der Waals surface area contributed by atoms with Crippen molar-refractivity contribution in [2.75, 3.05) is 23.0 Å². The van der Waals surface area contributed by atoms with E-state index in [1.54, 1.807) is 16.4 Å². The molecule has 4 aromatic rings. The molecule has 0 saturated carbocycles. The maximum atomic E-state index is 14.1. The minimum Gasteiger partial charge on any atom is -0.490 e. The van der Waals surface area contributed by atoms with Crippen LogP contribution in [0.15, 0.2) is 80.0 Å². The first-order valence-electron chi connectivity index (χ1n) is 14.0. The van der Waals surface area contributed by atoms with E-state index in [1.807, 2.05) is 82.3 Å². The lowest BCUT2D eigenvalue weighted by molar-refractivity contribution is -0.113. The second-order valence-corrected chi connectivity index (χ2v) is 13.0. The van der Waals surface area contributed by atoms with Crippen LogP contribution in [0.25, 0.3) is 0 Å². The van der Waals surface area contributed by atoms with Gasteiger partial charge >= 0.3 is 0 Å². The molecule has 2 N–H and O–H groups in total. The minimum atomic E-state index is -0.573. The normalized spacial score (nSPS) is 14.3. The summed E-state index contributed by atoms with van der Waals surface area (Å²) >= 11 is 8.76. The summed E-state index contributed by atoms with van der Waals surface area (Å²) in [6.07, 6.45) is 0. The van der Waals surface area contributed by atoms with Gasteiger partial charge in [-0.15, -0.1) is 5.10 Å². The molecular formula is C32H33Br2N5O3S. The summed E-state index contributed by atoms with van der Waals surface area (Å²) in [6.45, 7) is 10.7. The highest BCUT2D eigenvalue weighted by Gasteiger charge is 2.35. The summed E-state index contributed by atoms with van der Waals surface area (Å²) in [5.41, 5.74) is 5.95. The Morgan fingerprint density at radius 1 is 1.07 bits per heavy atom. The van der Waals surface area contributed by atoms with Crippen LogP contribution in [0.3, 0.4) is 0 Å². The third-order valence-corrected chi connectivity index (χ3v) is 8.99. The van der Waals surface area contributed by atoms with Crippen LogP contribution in [-0.2, 0) is 11.4 Å². The standard InChI is InChI=1S/C32H33Br2N5O3S/c1-6-41-26-16-22(15-24(34)29(26)42-17-21-11-13-23(33)14-12-21)28-27(30(40)36-25-10-8-9-18(3)19(25)4)20(5)35-31-37-32(43-7-2)38-39(28)31/h8-16,28H,6-7,17H2,1-5H3,(H,36,40)(H,35,37,38). The highest BCUT2D eigenvalue weighted by molar-refractivity contribution is 9.10. The second kappa shape index (κ2) is 13.6. The summed E-state index contributed by atoms with van der Waals surface area (Å²) in [5, 5.41) is 11.9. The van der Waals surface area contributed by atoms with E-state index < -0.39 is 6.04 Å². The Bertz CT molecular complexity index is 1690. The largest absolute Gasteiger partial charge is 0.490 e. The average Bonchev–Trinajstić information content (AvgIpc) is 3.37. The molecule has 0 fully saturated rings. The molecular weight excluding hydrogens is 694 g/mol. The van der Waals surface area contributed by atoms with Gasteiger partial charge in [0.1, 0.15) is 12.6 Å². The first-order chi connectivity index (χ1) is 20.7. The number of aryl methyl sites for hydroxylation is 1. The number of allylic oxidation sites excluding steroid dienone is 1. The number of ether oxygens (including phenoxy) is 2. The molecule has 1 amide bonds. The molecule has 2 heterocycles. The van der Waals surface area contributed by atoms with Crippen LogP contribution in [0, 0.1) is 13.8 Å². The number of nitrogens with one attached hydrogen (secondary N) is 2. The topological polar surface area (TPSA) is 90.3 Å². The van der Waals surface area contributed by atoms with Gasteiger partial charge in [0.15, 0.2) is 11.5 Å². The number of thioether (sulfide) groups is 1. The third-order valence-electron chi connectivity index (χ3n) is 7.15. The zero-order valence-corrected chi connectivity index (χ0v) is 28.6. The number of carbonyl (C=O) groups is 1. The van der Waals surface area contributed by atoms with E-state index >= 15 is 0 Å². The molecule has 0 saturated heterocycles. The number of anilines is 2. The van der Waals surface area contributed by atoms with E-state index in [9.17, 15) is 4.79 Å². The fraction of sp³-hybridized carbons (Fsp3) is 0.281. The Labute approximate surface area is 272 Å². The molecule has 0 radical (unpaired) electrons. The predicted octanol–water partition coefficient (Wildman–Crippen LogP) is 8.44. The lowest BCUT2D eigenvalue weighted by atomic mass is 9.94. The molecule has 8 nitrogen and oxygen atoms in total. The maximum absolute atomic E-state index is 14.1. The first-order valence-corrected chi connectivity index (χ1v) is 16.5. The lowest BCUT2D eigenvalue weighted by Gasteiger charge is -2.29. The molecule has 0 bridgehead atoms. The molecule has 3 aromatic carbocycles. The van der Waals surface area contributed by atoms with Crippen molar-refractivity contribution in [1.82, 2.24) is 14.8 Å². The fourth-order valence-corrected chi connectivity index (χ4v) is 6.28. The fourth-order valence-electron chi connectivity index (χ4n) is 4.89. The molecule has 43 heavy (non-hydrogen) atoms. The monoisotopic (exact) mass is 725 g/mol. The third kappa shape index (κ3) is 6.78. The SMILES string of the molecule is CCOc1cc(C2C(C(=O)Nc3cccc(C)c3C)=C(C)Nc3nc(SCC)nn32)cc(Br)c1OCc1ccc(Br)cc1. The van der Waals surface area contributed by atoms with Crippen molar-refractivity contribution < 1.29 is 14.3 Å². The van der Waals surface area contributed by atoms with Crippen molar-refractivity contribution in [2.45, 2.75) is 52.4 Å². The Kier molecular flexibility index (Phi) is 9.83. The lowest BCUT2D eigenvalue weighted by Crippen LogP contribution is -2.31. The van der Waals surface area contributed by atoms with E-state index in [4.69, 9.17) is 19.6 Å². The first kappa shape index (κ1) is 31.2. The van der Waals surface area contributed by atoms with E-state index in [-0.39, 0.29) is 5.91 Å². The Hall–Kier alpha value is -3.28.